The maximum atomic E-state index is 12.5. The van der Waals surface area contributed by atoms with Crippen LogP contribution >= 0.6 is 11.8 Å². The highest BCUT2D eigenvalue weighted by molar-refractivity contribution is 8.18. The van der Waals surface area contributed by atoms with Gasteiger partial charge in [0.15, 0.2) is 0 Å². The van der Waals surface area contributed by atoms with Gasteiger partial charge in [0, 0.05) is 5.69 Å². The van der Waals surface area contributed by atoms with E-state index in [1.54, 1.807) is 6.08 Å². The molecule has 1 aliphatic heterocycles. The van der Waals surface area contributed by atoms with Gasteiger partial charge in [0.1, 0.15) is 0 Å². The molecular weight excluding hydrogens is 332 g/mol. The Bertz CT molecular complexity index is 856. The maximum absolute atomic E-state index is 12.5. The number of thioether (sulfide) groups is 1. The van der Waals surface area contributed by atoms with E-state index in [-0.39, 0.29) is 17.8 Å². The molecule has 1 fully saturated rings. The normalized spacial score (nSPS) is 16.0. The van der Waals surface area contributed by atoms with Crippen molar-refractivity contribution in [2.24, 2.45) is 0 Å². The molecule has 0 saturated carbocycles. The minimum absolute atomic E-state index is 0.165. The van der Waals surface area contributed by atoms with Gasteiger partial charge in [-0.25, -0.2) is 0 Å². The lowest BCUT2D eigenvalue weighted by molar-refractivity contribution is -0.122. The van der Waals surface area contributed by atoms with Crippen LogP contribution in [0, 0.1) is 20.8 Å². The average molecular weight is 352 g/mol. The summed E-state index contributed by atoms with van der Waals surface area (Å²) >= 11 is 0.980. The van der Waals surface area contributed by atoms with Gasteiger partial charge in [-0.1, -0.05) is 35.9 Å². The molecule has 1 N–H and O–H groups in total. The summed E-state index contributed by atoms with van der Waals surface area (Å²) in [6.07, 6.45) is 1.76. The highest BCUT2D eigenvalue weighted by Crippen LogP contribution is 2.32. The van der Waals surface area contributed by atoms with Crippen LogP contribution in [-0.2, 0) is 4.79 Å². The summed E-state index contributed by atoms with van der Waals surface area (Å²) in [5.74, 6) is -0.257. The van der Waals surface area contributed by atoms with Gasteiger partial charge in [-0.2, -0.15) is 0 Å². The topological polar surface area (TPSA) is 49.4 Å². The van der Waals surface area contributed by atoms with Crippen LogP contribution in [0.3, 0.4) is 0 Å². The SMILES string of the molecule is Cc1ccc(/C=C2/SC(=O)N(CNc3ccc(C)c(C)c3)C2=O)cc1. The number of nitrogens with one attached hydrogen (secondary N) is 1. The van der Waals surface area contributed by atoms with Gasteiger partial charge in [0.25, 0.3) is 11.1 Å². The molecule has 0 bridgehead atoms. The number of imide groups is 1. The molecule has 25 heavy (non-hydrogen) atoms. The molecule has 0 spiro atoms. The molecule has 0 aromatic heterocycles. The standard InChI is InChI=1S/C20H20N2O2S/c1-13-4-7-16(8-5-13)11-18-19(23)22(20(24)25-18)12-21-17-9-6-14(2)15(3)10-17/h4-11,21H,12H2,1-3H3/b18-11+. The molecule has 1 aliphatic rings. The monoisotopic (exact) mass is 352 g/mol. The lowest BCUT2D eigenvalue weighted by atomic mass is 10.1. The van der Waals surface area contributed by atoms with Crippen molar-refractivity contribution in [3.8, 4) is 0 Å². The molecule has 1 saturated heterocycles. The smallest absolute Gasteiger partial charge is 0.295 e. The predicted molar refractivity (Wildman–Crippen MR) is 103 cm³/mol. The van der Waals surface area contributed by atoms with E-state index in [0.717, 1.165) is 28.6 Å². The van der Waals surface area contributed by atoms with Gasteiger partial charge in [-0.05, 0) is 67.4 Å². The Kier molecular flexibility index (Phi) is 4.95. The van der Waals surface area contributed by atoms with Crippen molar-refractivity contribution >= 4 is 34.7 Å². The van der Waals surface area contributed by atoms with Crippen LogP contribution in [0.15, 0.2) is 47.4 Å². The van der Waals surface area contributed by atoms with Crippen LogP contribution < -0.4 is 5.32 Å². The van der Waals surface area contributed by atoms with Gasteiger partial charge in [0.2, 0.25) is 0 Å². The summed E-state index contributed by atoms with van der Waals surface area (Å²) in [5.41, 5.74) is 5.34. The number of anilines is 1. The van der Waals surface area contributed by atoms with Crippen molar-refractivity contribution in [3.63, 3.8) is 0 Å². The second-order valence-electron chi connectivity index (χ2n) is 6.15. The summed E-state index contributed by atoms with van der Waals surface area (Å²) in [7, 11) is 0. The minimum Gasteiger partial charge on any atom is -0.367 e. The zero-order valence-electron chi connectivity index (χ0n) is 14.5. The number of carbonyl (C=O) groups excluding carboxylic acids is 2. The fourth-order valence-corrected chi connectivity index (χ4v) is 3.31. The highest BCUT2D eigenvalue weighted by Gasteiger charge is 2.34. The number of rotatable bonds is 4. The average Bonchev–Trinajstić information content (AvgIpc) is 2.84. The van der Waals surface area contributed by atoms with E-state index in [1.165, 1.54) is 16.0 Å². The molecule has 5 heteroatoms. The second-order valence-corrected chi connectivity index (χ2v) is 7.15. The van der Waals surface area contributed by atoms with Gasteiger partial charge in [-0.3, -0.25) is 14.5 Å². The van der Waals surface area contributed by atoms with Crippen LogP contribution in [0.2, 0.25) is 0 Å². The fraction of sp³-hybridized carbons (Fsp3) is 0.200. The van der Waals surface area contributed by atoms with Crippen LogP contribution in [0.5, 0.6) is 0 Å². The number of nitrogens with zero attached hydrogens (tertiary/aromatic N) is 1. The molecule has 0 atom stereocenters. The van der Waals surface area contributed by atoms with E-state index in [0.29, 0.717) is 4.91 Å². The van der Waals surface area contributed by atoms with Crippen LogP contribution in [-0.4, -0.2) is 22.7 Å². The lowest BCUT2D eigenvalue weighted by Crippen LogP contribution is -2.33. The summed E-state index contributed by atoms with van der Waals surface area (Å²) in [4.78, 5) is 26.4. The molecule has 128 valence electrons. The molecular formula is C20H20N2O2S. The van der Waals surface area contributed by atoms with Crippen molar-refractivity contribution in [3.05, 3.63) is 69.6 Å². The van der Waals surface area contributed by atoms with E-state index in [2.05, 4.69) is 5.32 Å². The Morgan fingerprint density at radius 2 is 1.72 bits per heavy atom. The molecule has 3 rings (SSSR count). The minimum atomic E-state index is -0.257. The Balaban J connectivity index is 1.70. The van der Waals surface area contributed by atoms with E-state index < -0.39 is 0 Å². The number of hydrogen-bond donors (Lipinski definition) is 1. The summed E-state index contributed by atoms with van der Waals surface area (Å²) in [6, 6.07) is 13.8. The van der Waals surface area contributed by atoms with Gasteiger partial charge in [-0.15, -0.1) is 0 Å². The first-order chi connectivity index (χ1) is 11.9. The first kappa shape index (κ1) is 17.3. The van der Waals surface area contributed by atoms with E-state index in [1.807, 2.05) is 63.2 Å². The molecule has 2 aromatic carbocycles. The van der Waals surface area contributed by atoms with Gasteiger partial charge < -0.3 is 5.32 Å². The van der Waals surface area contributed by atoms with Gasteiger partial charge >= 0.3 is 0 Å². The third-order valence-electron chi connectivity index (χ3n) is 4.20. The molecule has 4 nitrogen and oxygen atoms in total. The first-order valence-corrected chi connectivity index (χ1v) is 8.89. The quantitative estimate of drug-likeness (QED) is 0.809. The van der Waals surface area contributed by atoms with E-state index in [9.17, 15) is 9.59 Å². The van der Waals surface area contributed by atoms with Crippen LogP contribution in [0.4, 0.5) is 10.5 Å². The molecule has 1 heterocycles. The molecule has 0 unspecified atom stereocenters. The molecule has 0 radical (unpaired) electrons. The zero-order chi connectivity index (χ0) is 18.0. The molecule has 0 aliphatic carbocycles. The number of amides is 2. The first-order valence-electron chi connectivity index (χ1n) is 8.07. The molecule has 2 aromatic rings. The Labute approximate surface area is 151 Å². The maximum Gasteiger partial charge on any atom is 0.295 e. The molecule has 2 amide bonds. The van der Waals surface area contributed by atoms with Gasteiger partial charge in [0.05, 0.1) is 11.6 Å². The summed E-state index contributed by atoms with van der Waals surface area (Å²) < 4.78 is 0. The van der Waals surface area contributed by atoms with Crippen molar-refractivity contribution in [2.45, 2.75) is 20.8 Å². The number of hydrogen-bond acceptors (Lipinski definition) is 4. The highest BCUT2D eigenvalue weighted by atomic mass is 32.2. The Morgan fingerprint density at radius 1 is 1.00 bits per heavy atom. The van der Waals surface area contributed by atoms with Crippen molar-refractivity contribution < 1.29 is 9.59 Å². The van der Waals surface area contributed by atoms with E-state index >= 15 is 0 Å². The van der Waals surface area contributed by atoms with Crippen LogP contribution in [0.1, 0.15) is 22.3 Å². The summed E-state index contributed by atoms with van der Waals surface area (Å²) in [6.45, 7) is 6.25. The van der Waals surface area contributed by atoms with Crippen molar-refractivity contribution in [1.82, 2.24) is 4.90 Å². The number of aryl methyl sites for hydroxylation is 3. The Hall–Kier alpha value is -2.53. The fourth-order valence-electron chi connectivity index (χ4n) is 2.47. The van der Waals surface area contributed by atoms with E-state index in [4.69, 9.17) is 0 Å². The predicted octanol–water partition coefficient (Wildman–Crippen LogP) is 4.72. The third-order valence-corrected chi connectivity index (χ3v) is 5.10. The van der Waals surface area contributed by atoms with Crippen molar-refractivity contribution in [2.75, 3.05) is 12.0 Å². The zero-order valence-corrected chi connectivity index (χ0v) is 15.3. The number of benzene rings is 2. The Morgan fingerprint density at radius 3 is 2.40 bits per heavy atom. The lowest BCUT2D eigenvalue weighted by Gasteiger charge is -2.15. The van der Waals surface area contributed by atoms with Crippen LogP contribution in [0.25, 0.3) is 6.08 Å². The van der Waals surface area contributed by atoms with Crippen molar-refractivity contribution in [1.29, 1.82) is 0 Å². The second kappa shape index (κ2) is 7.15. The third kappa shape index (κ3) is 3.94. The summed E-state index contributed by atoms with van der Waals surface area (Å²) in [5, 5.41) is 2.90. The number of carbonyl (C=O) groups is 2. The largest absolute Gasteiger partial charge is 0.367 e.